The van der Waals surface area contributed by atoms with Crippen molar-refractivity contribution in [2.24, 2.45) is 5.92 Å². The first-order valence-corrected chi connectivity index (χ1v) is 11.2. The van der Waals surface area contributed by atoms with Gasteiger partial charge in [0.25, 0.3) is 0 Å². The Kier molecular flexibility index (Phi) is 8.56. The first-order chi connectivity index (χ1) is 15.5. The highest BCUT2D eigenvalue weighted by molar-refractivity contribution is 6.35. The summed E-state index contributed by atoms with van der Waals surface area (Å²) in [6, 6.07) is 11.7. The number of anilines is 1. The second-order valence-corrected chi connectivity index (χ2v) is 8.40. The van der Waals surface area contributed by atoms with E-state index in [1.54, 1.807) is 13.4 Å². The van der Waals surface area contributed by atoms with Crippen LogP contribution in [0.5, 0.6) is 5.75 Å². The summed E-state index contributed by atoms with van der Waals surface area (Å²) in [5.74, 6) is 0.895. The third-order valence-corrected chi connectivity index (χ3v) is 5.73. The van der Waals surface area contributed by atoms with Gasteiger partial charge in [-0.25, -0.2) is 0 Å². The molecule has 1 aromatic heterocycles. The van der Waals surface area contributed by atoms with E-state index in [9.17, 15) is 9.59 Å². The average molecular weight is 443 g/mol. The monoisotopic (exact) mass is 442 g/mol. The van der Waals surface area contributed by atoms with Crippen molar-refractivity contribution in [3.8, 4) is 5.75 Å². The molecule has 2 N–H and O–H groups in total. The standard InChI is InChI=1S/C24H34N4O4/c1-18(2)10-11-25-23(29)24(30)26-17-21(22-5-4-16-32-22)28-14-12-27(13-15-28)19-6-8-20(31-3)9-7-19/h4-9,16,18,21H,10-15,17H2,1-3H3,(H,25,29)(H,26,30). The SMILES string of the molecule is COc1ccc(N2CCN(C(CNC(=O)C(=O)NCCC(C)C)c3ccco3)CC2)cc1. The second kappa shape index (κ2) is 11.6. The van der Waals surface area contributed by atoms with Gasteiger partial charge in [-0.15, -0.1) is 0 Å². The molecule has 174 valence electrons. The highest BCUT2D eigenvalue weighted by Gasteiger charge is 2.28. The van der Waals surface area contributed by atoms with Crippen LogP contribution in [0.25, 0.3) is 0 Å². The largest absolute Gasteiger partial charge is 0.497 e. The minimum absolute atomic E-state index is 0.129. The molecule has 8 heteroatoms. The summed E-state index contributed by atoms with van der Waals surface area (Å²) in [5.41, 5.74) is 1.16. The molecule has 1 atom stereocenters. The van der Waals surface area contributed by atoms with Crippen molar-refractivity contribution in [3.05, 3.63) is 48.4 Å². The molecule has 2 aromatic rings. The van der Waals surface area contributed by atoms with E-state index in [0.717, 1.165) is 49.8 Å². The van der Waals surface area contributed by atoms with Gasteiger partial charge in [0, 0.05) is 45.0 Å². The average Bonchev–Trinajstić information content (AvgIpc) is 3.34. The number of hydrogen-bond acceptors (Lipinski definition) is 6. The van der Waals surface area contributed by atoms with E-state index in [0.29, 0.717) is 19.0 Å². The Morgan fingerprint density at radius 3 is 2.31 bits per heavy atom. The number of nitrogens with zero attached hydrogens (tertiary/aromatic N) is 2. The molecule has 0 aliphatic carbocycles. The van der Waals surface area contributed by atoms with Crippen molar-refractivity contribution in [2.45, 2.75) is 26.3 Å². The Labute approximate surface area is 189 Å². The van der Waals surface area contributed by atoms with E-state index < -0.39 is 11.8 Å². The first kappa shape index (κ1) is 23.7. The summed E-state index contributed by atoms with van der Waals surface area (Å²) in [7, 11) is 1.66. The second-order valence-electron chi connectivity index (χ2n) is 8.40. The quantitative estimate of drug-likeness (QED) is 0.580. The molecule has 1 saturated heterocycles. The van der Waals surface area contributed by atoms with Crippen LogP contribution in [0.1, 0.15) is 32.1 Å². The van der Waals surface area contributed by atoms with Gasteiger partial charge in [0.15, 0.2) is 0 Å². The van der Waals surface area contributed by atoms with Gasteiger partial charge in [-0.05, 0) is 48.7 Å². The summed E-state index contributed by atoms with van der Waals surface area (Å²) < 4.78 is 10.9. The molecule has 2 heterocycles. The molecular weight excluding hydrogens is 408 g/mol. The lowest BCUT2D eigenvalue weighted by molar-refractivity contribution is -0.139. The summed E-state index contributed by atoms with van der Waals surface area (Å²) in [4.78, 5) is 29.0. The maximum absolute atomic E-state index is 12.3. The molecule has 0 bridgehead atoms. The minimum Gasteiger partial charge on any atom is -0.497 e. The van der Waals surface area contributed by atoms with E-state index >= 15 is 0 Å². The van der Waals surface area contributed by atoms with E-state index in [1.165, 1.54) is 0 Å². The minimum atomic E-state index is -0.609. The molecular formula is C24H34N4O4. The van der Waals surface area contributed by atoms with Crippen LogP contribution in [0.4, 0.5) is 5.69 Å². The van der Waals surface area contributed by atoms with Crippen molar-refractivity contribution in [2.75, 3.05) is 51.3 Å². The predicted molar refractivity (Wildman–Crippen MR) is 124 cm³/mol. The number of methoxy groups -OCH3 is 1. The summed E-state index contributed by atoms with van der Waals surface area (Å²) in [6.45, 7) is 8.30. The van der Waals surface area contributed by atoms with Crippen LogP contribution in [-0.4, -0.2) is 63.1 Å². The first-order valence-electron chi connectivity index (χ1n) is 11.2. The molecule has 1 aromatic carbocycles. The zero-order valence-corrected chi connectivity index (χ0v) is 19.2. The third-order valence-electron chi connectivity index (χ3n) is 5.73. The van der Waals surface area contributed by atoms with Gasteiger partial charge in [0.1, 0.15) is 11.5 Å². The summed E-state index contributed by atoms with van der Waals surface area (Å²) in [5, 5.41) is 5.46. The normalized spacial score (nSPS) is 15.4. The highest BCUT2D eigenvalue weighted by atomic mass is 16.5. The number of benzene rings is 1. The molecule has 8 nitrogen and oxygen atoms in total. The van der Waals surface area contributed by atoms with Crippen LogP contribution in [0, 0.1) is 5.92 Å². The van der Waals surface area contributed by atoms with Gasteiger partial charge in [-0.1, -0.05) is 13.8 Å². The lowest BCUT2D eigenvalue weighted by atomic mass is 10.1. The molecule has 1 unspecified atom stereocenters. The molecule has 0 saturated carbocycles. The molecule has 1 aliphatic heterocycles. The van der Waals surface area contributed by atoms with Crippen LogP contribution < -0.4 is 20.3 Å². The fraction of sp³-hybridized carbons (Fsp3) is 0.500. The van der Waals surface area contributed by atoms with Crippen LogP contribution in [-0.2, 0) is 9.59 Å². The van der Waals surface area contributed by atoms with Crippen LogP contribution in [0.3, 0.4) is 0 Å². The number of piperazine rings is 1. The number of carbonyl (C=O) groups excluding carboxylic acids is 2. The lowest BCUT2D eigenvalue weighted by Gasteiger charge is -2.39. The van der Waals surface area contributed by atoms with Crippen molar-refractivity contribution in [1.82, 2.24) is 15.5 Å². The van der Waals surface area contributed by atoms with Gasteiger partial charge >= 0.3 is 11.8 Å². The Bertz CT molecular complexity index is 843. The topological polar surface area (TPSA) is 87.0 Å². The smallest absolute Gasteiger partial charge is 0.309 e. The van der Waals surface area contributed by atoms with E-state index in [1.807, 2.05) is 24.3 Å². The predicted octanol–water partition coefficient (Wildman–Crippen LogP) is 2.43. The van der Waals surface area contributed by atoms with E-state index in [-0.39, 0.29) is 6.04 Å². The fourth-order valence-electron chi connectivity index (χ4n) is 3.80. The molecule has 0 radical (unpaired) electrons. The molecule has 1 aliphatic rings. The van der Waals surface area contributed by atoms with Crippen molar-refractivity contribution >= 4 is 17.5 Å². The number of rotatable bonds is 9. The number of hydrogen-bond donors (Lipinski definition) is 2. The van der Waals surface area contributed by atoms with Gasteiger partial charge in [0.05, 0.1) is 19.4 Å². The summed E-state index contributed by atoms with van der Waals surface area (Å²) >= 11 is 0. The number of carbonyl (C=O) groups is 2. The zero-order chi connectivity index (χ0) is 22.9. The summed E-state index contributed by atoms with van der Waals surface area (Å²) in [6.07, 6.45) is 2.48. The maximum Gasteiger partial charge on any atom is 0.309 e. The fourth-order valence-corrected chi connectivity index (χ4v) is 3.80. The van der Waals surface area contributed by atoms with Crippen LogP contribution in [0.2, 0.25) is 0 Å². The lowest BCUT2D eigenvalue weighted by Crippen LogP contribution is -2.50. The zero-order valence-electron chi connectivity index (χ0n) is 19.2. The maximum atomic E-state index is 12.3. The number of ether oxygens (including phenoxy) is 1. The Hall–Kier alpha value is -3.00. The number of furan rings is 1. The van der Waals surface area contributed by atoms with Gasteiger partial charge in [-0.3, -0.25) is 14.5 Å². The van der Waals surface area contributed by atoms with Crippen molar-refractivity contribution in [3.63, 3.8) is 0 Å². The molecule has 3 rings (SSSR count). The molecule has 2 amide bonds. The van der Waals surface area contributed by atoms with Crippen LogP contribution in [0.15, 0.2) is 47.1 Å². The van der Waals surface area contributed by atoms with Gasteiger partial charge in [0.2, 0.25) is 0 Å². The van der Waals surface area contributed by atoms with Gasteiger partial charge in [-0.2, -0.15) is 0 Å². The van der Waals surface area contributed by atoms with Crippen molar-refractivity contribution in [1.29, 1.82) is 0 Å². The third kappa shape index (κ3) is 6.50. The van der Waals surface area contributed by atoms with Crippen LogP contribution >= 0.6 is 0 Å². The van der Waals surface area contributed by atoms with Crippen molar-refractivity contribution < 1.29 is 18.7 Å². The Balaban J connectivity index is 1.55. The molecule has 32 heavy (non-hydrogen) atoms. The van der Waals surface area contributed by atoms with Gasteiger partial charge < -0.3 is 24.7 Å². The highest BCUT2D eigenvalue weighted by Crippen LogP contribution is 2.25. The van der Waals surface area contributed by atoms with E-state index in [4.69, 9.17) is 9.15 Å². The molecule has 1 fully saturated rings. The number of amides is 2. The Morgan fingerprint density at radius 1 is 1.03 bits per heavy atom. The van der Waals surface area contributed by atoms with E-state index in [2.05, 4.69) is 46.4 Å². The number of nitrogens with one attached hydrogen (secondary N) is 2. The molecule has 0 spiro atoms. The Morgan fingerprint density at radius 2 is 1.72 bits per heavy atom.